The van der Waals surface area contributed by atoms with Gasteiger partial charge in [-0.3, -0.25) is 4.79 Å². The minimum absolute atomic E-state index is 0.378. The SMILES string of the molecule is CC(C)Nc1ccsc1C=O. The molecular formula is C8H11NOS. The largest absolute Gasteiger partial charge is 0.382 e. The van der Waals surface area contributed by atoms with Crippen molar-refractivity contribution in [3.8, 4) is 0 Å². The molecule has 1 aromatic heterocycles. The Kier molecular flexibility index (Phi) is 2.65. The molecule has 0 saturated carbocycles. The van der Waals surface area contributed by atoms with Crippen molar-refractivity contribution in [2.24, 2.45) is 0 Å². The van der Waals surface area contributed by atoms with Crippen molar-refractivity contribution < 1.29 is 4.79 Å². The summed E-state index contributed by atoms with van der Waals surface area (Å²) in [5, 5.41) is 5.09. The van der Waals surface area contributed by atoms with Gasteiger partial charge in [0.25, 0.3) is 0 Å². The van der Waals surface area contributed by atoms with Crippen LogP contribution in [0.1, 0.15) is 23.5 Å². The molecule has 1 rings (SSSR count). The third-order valence-electron chi connectivity index (χ3n) is 1.25. The van der Waals surface area contributed by atoms with Crippen molar-refractivity contribution in [2.75, 3.05) is 5.32 Å². The molecule has 0 aliphatic rings. The lowest BCUT2D eigenvalue weighted by Gasteiger charge is -2.07. The lowest BCUT2D eigenvalue weighted by atomic mass is 10.3. The van der Waals surface area contributed by atoms with Crippen LogP contribution in [0.25, 0.3) is 0 Å². The number of anilines is 1. The van der Waals surface area contributed by atoms with Crippen LogP contribution >= 0.6 is 11.3 Å². The molecule has 3 heteroatoms. The highest BCUT2D eigenvalue weighted by Crippen LogP contribution is 2.20. The zero-order valence-electron chi connectivity index (χ0n) is 6.63. The van der Waals surface area contributed by atoms with Crippen LogP contribution in [-0.4, -0.2) is 12.3 Å². The zero-order valence-corrected chi connectivity index (χ0v) is 7.44. The minimum atomic E-state index is 0.378. The molecule has 0 bridgehead atoms. The third-order valence-corrected chi connectivity index (χ3v) is 2.09. The van der Waals surface area contributed by atoms with E-state index in [9.17, 15) is 4.79 Å². The van der Waals surface area contributed by atoms with Gasteiger partial charge in [0.1, 0.15) is 0 Å². The molecule has 2 nitrogen and oxygen atoms in total. The van der Waals surface area contributed by atoms with Gasteiger partial charge in [0.2, 0.25) is 0 Å². The minimum Gasteiger partial charge on any atom is -0.382 e. The predicted octanol–water partition coefficient (Wildman–Crippen LogP) is 2.38. The molecule has 0 amide bonds. The number of hydrogen-bond acceptors (Lipinski definition) is 3. The van der Waals surface area contributed by atoms with E-state index in [4.69, 9.17) is 0 Å². The Morgan fingerprint density at radius 3 is 2.91 bits per heavy atom. The summed E-state index contributed by atoms with van der Waals surface area (Å²) < 4.78 is 0. The molecule has 1 N–H and O–H groups in total. The Balaban J connectivity index is 2.76. The highest BCUT2D eigenvalue weighted by molar-refractivity contribution is 7.12. The van der Waals surface area contributed by atoms with Crippen LogP contribution in [0.4, 0.5) is 5.69 Å². The van der Waals surface area contributed by atoms with Gasteiger partial charge in [-0.2, -0.15) is 0 Å². The fourth-order valence-corrected chi connectivity index (χ4v) is 1.50. The molecule has 0 fully saturated rings. The van der Waals surface area contributed by atoms with Crippen molar-refractivity contribution in [1.29, 1.82) is 0 Å². The summed E-state index contributed by atoms with van der Waals surface area (Å²) in [5.41, 5.74) is 0.944. The Morgan fingerprint density at radius 1 is 1.64 bits per heavy atom. The first-order chi connectivity index (χ1) is 5.24. The average Bonchev–Trinajstić information content (AvgIpc) is 2.34. The normalized spacial score (nSPS) is 10.1. The van der Waals surface area contributed by atoms with Gasteiger partial charge in [-0.1, -0.05) is 0 Å². The molecule has 0 aliphatic heterocycles. The van der Waals surface area contributed by atoms with Crippen LogP contribution in [0.3, 0.4) is 0 Å². The molecule has 0 radical (unpaired) electrons. The van der Waals surface area contributed by atoms with E-state index in [1.165, 1.54) is 11.3 Å². The summed E-state index contributed by atoms with van der Waals surface area (Å²) in [6.45, 7) is 4.10. The fraction of sp³-hybridized carbons (Fsp3) is 0.375. The lowest BCUT2D eigenvalue weighted by molar-refractivity contribution is 0.112. The molecule has 0 spiro atoms. The molecule has 11 heavy (non-hydrogen) atoms. The number of thiophene rings is 1. The van der Waals surface area contributed by atoms with Crippen LogP contribution < -0.4 is 5.32 Å². The smallest absolute Gasteiger partial charge is 0.162 e. The van der Waals surface area contributed by atoms with Crippen LogP contribution in [0.5, 0.6) is 0 Å². The van der Waals surface area contributed by atoms with Gasteiger partial charge in [0.15, 0.2) is 6.29 Å². The van der Waals surface area contributed by atoms with Gasteiger partial charge < -0.3 is 5.32 Å². The van der Waals surface area contributed by atoms with Gasteiger partial charge in [-0.15, -0.1) is 11.3 Å². The fourth-order valence-electron chi connectivity index (χ4n) is 0.842. The van der Waals surface area contributed by atoms with Crippen molar-refractivity contribution in [3.05, 3.63) is 16.3 Å². The molecule has 0 atom stereocenters. The van der Waals surface area contributed by atoms with E-state index < -0.39 is 0 Å². The standard InChI is InChI=1S/C8H11NOS/c1-6(2)9-7-3-4-11-8(7)5-10/h3-6,9H,1-2H3. The molecule has 1 aromatic rings. The molecule has 0 unspecified atom stereocenters. The van der Waals surface area contributed by atoms with Gasteiger partial charge in [0, 0.05) is 6.04 Å². The van der Waals surface area contributed by atoms with Gasteiger partial charge >= 0.3 is 0 Å². The maximum absolute atomic E-state index is 10.4. The zero-order chi connectivity index (χ0) is 8.27. The second-order valence-electron chi connectivity index (χ2n) is 2.62. The van der Waals surface area contributed by atoms with Gasteiger partial charge in [0.05, 0.1) is 10.6 Å². The van der Waals surface area contributed by atoms with E-state index in [2.05, 4.69) is 5.32 Å². The molecule has 0 aliphatic carbocycles. The van der Waals surface area contributed by atoms with Crippen molar-refractivity contribution in [2.45, 2.75) is 19.9 Å². The number of aldehydes is 1. The second-order valence-corrected chi connectivity index (χ2v) is 3.56. The highest BCUT2D eigenvalue weighted by atomic mass is 32.1. The van der Waals surface area contributed by atoms with E-state index >= 15 is 0 Å². The maximum atomic E-state index is 10.4. The topological polar surface area (TPSA) is 29.1 Å². The van der Waals surface area contributed by atoms with Crippen LogP contribution in [0.15, 0.2) is 11.4 Å². The lowest BCUT2D eigenvalue weighted by Crippen LogP contribution is -2.09. The van der Waals surface area contributed by atoms with E-state index in [1.807, 2.05) is 25.3 Å². The van der Waals surface area contributed by atoms with E-state index in [-0.39, 0.29) is 0 Å². The number of hydrogen-bond donors (Lipinski definition) is 1. The Labute approximate surface area is 70.2 Å². The Morgan fingerprint density at radius 2 is 2.36 bits per heavy atom. The second kappa shape index (κ2) is 3.53. The highest BCUT2D eigenvalue weighted by Gasteiger charge is 2.02. The molecule has 1 heterocycles. The first-order valence-corrected chi connectivity index (χ1v) is 4.41. The predicted molar refractivity (Wildman–Crippen MR) is 48.5 cm³/mol. The first-order valence-electron chi connectivity index (χ1n) is 3.53. The third kappa shape index (κ3) is 2.05. The van der Waals surface area contributed by atoms with Crippen molar-refractivity contribution >= 4 is 23.3 Å². The summed E-state index contributed by atoms with van der Waals surface area (Å²) in [5.74, 6) is 0. The number of nitrogens with one attached hydrogen (secondary N) is 1. The molecular weight excluding hydrogens is 158 g/mol. The monoisotopic (exact) mass is 169 g/mol. The average molecular weight is 169 g/mol. The van der Waals surface area contributed by atoms with Crippen LogP contribution in [0.2, 0.25) is 0 Å². The summed E-state index contributed by atoms with van der Waals surface area (Å²) in [6.07, 6.45) is 0.884. The molecule has 0 saturated heterocycles. The number of carbonyl (C=O) groups excluding carboxylic acids is 1. The summed E-state index contributed by atoms with van der Waals surface area (Å²) in [7, 11) is 0. The maximum Gasteiger partial charge on any atom is 0.162 e. The molecule has 0 aromatic carbocycles. The summed E-state index contributed by atoms with van der Waals surface area (Å²) in [4.78, 5) is 11.2. The summed E-state index contributed by atoms with van der Waals surface area (Å²) in [6, 6.07) is 2.30. The Bertz CT molecular complexity index is 242. The Hall–Kier alpha value is -0.830. The quantitative estimate of drug-likeness (QED) is 0.704. The van der Waals surface area contributed by atoms with E-state index in [1.54, 1.807) is 0 Å². The number of rotatable bonds is 3. The number of carbonyl (C=O) groups is 1. The van der Waals surface area contributed by atoms with Crippen LogP contribution in [0, 0.1) is 0 Å². The summed E-state index contributed by atoms with van der Waals surface area (Å²) >= 11 is 1.46. The van der Waals surface area contributed by atoms with Crippen molar-refractivity contribution in [3.63, 3.8) is 0 Å². The van der Waals surface area contributed by atoms with E-state index in [0.717, 1.165) is 16.9 Å². The first kappa shape index (κ1) is 8.27. The van der Waals surface area contributed by atoms with E-state index in [0.29, 0.717) is 6.04 Å². The van der Waals surface area contributed by atoms with Crippen LogP contribution in [-0.2, 0) is 0 Å². The molecule has 60 valence electrons. The van der Waals surface area contributed by atoms with Gasteiger partial charge in [-0.25, -0.2) is 0 Å². The van der Waals surface area contributed by atoms with Gasteiger partial charge in [-0.05, 0) is 25.3 Å². The van der Waals surface area contributed by atoms with Crippen molar-refractivity contribution in [1.82, 2.24) is 0 Å².